The third-order valence-electron chi connectivity index (χ3n) is 4.44. The topological polar surface area (TPSA) is 66.0 Å². The van der Waals surface area contributed by atoms with Crippen LogP contribution in [0, 0.1) is 0 Å². The number of likely N-dealkylation sites (N-methyl/N-ethyl adjacent to an activating group) is 1. The molecule has 0 radical (unpaired) electrons. The van der Waals surface area contributed by atoms with E-state index in [1.807, 2.05) is 61.5 Å². The second kappa shape index (κ2) is 7.17. The number of nitrogens with zero attached hydrogens (tertiary/aromatic N) is 2. The number of oxime groups is 1. The SMILES string of the molecule is CN(C)CCO/N=C1/C(=C2/C(=O)Nc3ccc(Br)cc32)Nc2ccccc21. The fourth-order valence-electron chi connectivity index (χ4n) is 3.12. The number of rotatable bonds is 4. The summed E-state index contributed by atoms with van der Waals surface area (Å²) in [5.74, 6) is -0.153. The molecule has 2 heterocycles. The largest absolute Gasteiger partial charge is 0.394 e. The van der Waals surface area contributed by atoms with Crippen LogP contribution in [0.2, 0.25) is 0 Å². The number of carbonyl (C=O) groups excluding carboxylic acids is 1. The first-order chi connectivity index (χ1) is 13.0. The van der Waals surface area contributed by atoms with Gasteiger partial charge in [-0.1, -0.05) is 39.3 Å². The lowest BCUT2D eigenvalue weighted by Gasteiger charge is -2.09. The average molecular weight is 427 g/mol. The maximum atomic E-state index is 12.7. The summed E-state index contributed by atoms with van der Waals surface area (Å²) in [6.45, 7) is 1.23. The van der Waals surface area contributed by atoms with E-state index in [9.17, 15) is 4.79 Å². The van der Waals surface area contributed by atoms with Gasteiger partial charge in [-0.25, -0.2) is 0 Å². The summed E-state index contributed by atoms with van der Waals surface area (Å²) < 4.78 is 0.909. The van der Waals surface area contributed by atoms with Crippen LogP contribution in [0.5, 0.6) is 0 Å². The Morgan fingerprint density at radius 1 is 1.07 bits per heavy atom. The van der Waals surface area contributed by atoms with Crippen molar-refractivity contribution in [3.05, 3.63) is 63.8 Å². The molecule has 0 saturated carbocycles. The lowest BCUT2D eigenvalue weighted by atomic mass is 10.0. The van der Waals surface area contributed by atoms with Gasteiger partial charge in [0.15, 0.2) is 0 Å². The predicted molar refractivity (Wildman–Crippen MR) is 111 cm³/mol. The van der Waals surface area contributed by atoms with Crippen molar-refractivity contribution in [3.8, 4) is 0 Å². The molecule has 1 amide bonds. The zero-order valence-corrected chi connectivity index (χ0v) is 16.6. The van der Waals surface area contributed by atoms with Gasteiger partial charge >= 0.3 is 0 Å². The number of anilines is 2. The van der Waals surface area contributed by atoms with Gasteiger partial charge in [-0.15, -0.1) is 0 Å². The van der Waals surface area contributed by atoms with Crippen molar-refractivity contribution < 1.29 is 9.63 Å². The van der Waals surface area contributed by atoms with E-state index in [-0.39, 0.29) is 5.91 Å². The van der Waals surface area contributed by atoms with E-state index in [2.05, 4.69) is 31.7 Å². The molecule has 2 aromatic rings. The van der Waals surface area contributed by atoms with E-state index >= 15 is 0 Å². The summed E-state index contributed by atoms with van der Waals surface area (Å²) in [5.41, 5.74) is 5.32. The molecule has 2 aliphatic heterocycles. The van der Waals surface area contributed by atoms with Gasteiger partial charge in [0.25, 0.3) is 5.91 Å². The number of carbonyl (C=O) groups is 1. The van der Waals surface area contributed by atoms with Gasteiger partial charge in [-0.2, -0.15) is 0 Å². The second-order valence-electron chi connectivity index (χ2n) is 6.64. The summed E-state index contributed by atoms with van der Waals surface area (Å²) in [4.78, 5) is 20.3. The Hall–Kier alpha value is -2.64. The van der Waals surface area contributed by atoms with E-state index in [1.165, 1.54) is 0 Å². The zero-order chi connectivity index (χ0) is 19.0. The first-order valence-corrected chi connectivity index (χ1v) is 9.41. The third-order valence-corrected chi connectivity index (χ3v) is 4.93. The molecule has 0 unspecified atom stereocenters. The Morgan fingerprint density at radius 2 is 1.85 bits per heavy atom. The molecule has 27 heavy (non-hydrogen) atoms. The molecule has 0 fully saturated rings. The third kappa shape index (κ3) is 3.36. The molecule has 2 aliphatic rings. The van der Waals surface area contributed by atoms with Crippen LogP contribution in [0.15, 0.2) is 57.8 Å². The van der Waals surface area contributed by atoms with Crippen molar-refractivity contribution >= 4 is 44.5 Å². The van der Waals surface area contributed by atoms with Gasteiger partial charge in [0.2, 0.25) is 0 Å². The maximum Gasteiger partial charge on any atom is 0.258 e. The number of para-hydroxylation sites is 1. The number of hydrogen-bond donors (Lipinski definition) is 2. The first kappa shape index (κ1) is 17.8. The van der Waals surface area contributed by atoms with Crippen LogP contribution in [-0.2, 0) is 9.63 Å². The van der Waals surface area contributed by atoms with Gasteiger partial charge in [0.05, 0.1) is 11.3 Å². The Bertz CT molecular complexity index is 982. The normalized spacial score (nSPS) is 19.1. The summed E-state index contributed by atoms with van der Waals surface area (Å²) in [6.07, 6.45) is 0. The van der Waals surface area contributed by atoms with Crippen LogP contribution < -0.4 is 10.6 Å². The molecule has 138 valence electrons. The molecule has 0 aromatic heterocycles. The van der Waals surface area contributed by atoms with E-state index in [0.29, 0.717) is 23.6 Å². The molecule has 6 nitrogen and oxygen atoms in total. The Labute approximate surface area is 166 Å². The van der Waals surface area contributed by atoms with E-state index < -0.39 is 0 Å². The average Bonchev–Trinajstić information content (AvgIpc) is 3.14. The number of nitrogens with one attached hydrogen (secondary N) is 2. The number of allylic oxidation sites excluding steroid dienone is 1. The van der Waals surface area contributed by atoms with E-state index in [1.54, 1.807) is 0 Å². The van der Waals surface area contributed by atoms with Gasteiger partial charge in [-0.05, 0) is 38.4 Å². The highest BCUT2D eigenvalue weighted by molar-refractivity contribution is 9.10. The molecule has 0 aliphatic carbocycles. The van der Waals surface area contributed by atoms with Gasteiger partial charge in [0, 0.05) is 33.5 Å². The van der Waals surface area contributed by atoms with Crippen molar-refractivity contribution in [3.63, 3.8) is 0 Å². The summed E-state index contributed by atoms with van der Waals surface area (Å²) in [6, 6.07) is 13.6. The molecule has 2 N–H and O–H groups in total. The number of halogens is 1. The Balaban J connectivity index is 1.80. The van der Waals surface area contributed by atoms with Crippen molar-refractivity contribution in [2.24, 2.45) is 5.16 Å². The lowest BCUT2D eigenvalue weighted by Crippen LogP contribution is -2.18. The highest BCUT2D eigenvalue weighted by atomic mass is 79.9. The first-order valence-electron chi connectivity index (χ1n) is 8.61. The zero-order valence-electron chi connectivity index (χ0n) is 15.0. The van der Waals surface area contributed by atoms with Gasteiger partial charge < -0.3 is 20.4 Å². The van der Waals surface area contributed by atoms with E-state index in [0.717, 1.165) is 33.5 Å². The monoisotopic (exact) mass is 426 g/mol. The van der Waals surface area contributed by atoms with Crippen molar-refractivity contribution in [1.29, 1.82) is 0 Å². The van der Waals surface area contributed by atoms with Crippen molar-refractivity contribution in [2.45, 2.75) is 0 Å². The Kier molecular flexibility index (Phi) is 4.72. The molecule has 0 saturated heterocycles. The maximum absolute atomic E-state index is 12.7. The van der Waals surface area contributed by atoms with Crippen molar-refractivity contribution in [2.75, 3.05) is 37.9 Å². The van der Waals surface area contributed by atoms with Crippen LogP contribution in [-0.4, -0.2) is 43.8 Å². The minimum absolute atomic E-state index is 0.153. The quantitative estimate of drug-likeness (QED) is 0.445. The molecule has 0 bridgehead atoms. The van der Waals surface area contributed by atoms with Gasteiger partial charge in [0.1, 0.15) is 12.3 Å². The molecular weight excluding hydrogens is 408 g/mol. The lowest BCUT2D eigenvalue weighted by molar-refractivity contribution is -0.110. The van der Waals surface area contributed by atoms with Crippen LogP contribution in [0.3, 0.4) is 0 Å². The van der Waals surface area contributed by atoms with Gasteiger partial charge in [-0.3, -0.25) is 4.79 Å². The summed E-state index contributed by atoms with van der Waals surface area (Å²) in [7, 11) is 3.96. The molecule has 2 aromatic carbocycles. The fraction of sp³-hybridized carbons (Fsp3) is 0.200. The fourth-order valence-corrected chi connectivity index (χ4v) is 3.49. The number of amides is 1. The highest BCUT2D eigenvalue weighted by Crippen LogP contribution is 2.40. The molecule has 4 rings (SSSR count). The van der Waals surface area contributed by atoms with Crippen LogP contribution >= 0.6 is 15.9 Å². The Morgan fingerprint density at radius 3 is 2.67 bits per heavy atom. The van der Waals surface area contributed by atoms with Crippen molar-refractivity contribution in [1.82, 2.24) is 4.90 Å². The number of hydrogen-bond acceptors (Lipinski definition) is 5. The second-order valence-corrected chi connectivity index (χ2v) is 7.56. The molecule has 0 atom stereocenters. The van der Waals surface area contributed by atoms with Crippen LogP contribution in [0.25, 0.3) is 5.57 Å². The minimum atomic E-state index is -0.153. The molecule has 0 spiro atoms. The minimum Gasteiger partial charge on any atom is -0.394 e. The van der Waals surface area contributed by atoms with E-state index in [4.69, 9.17) is 4.84 Å². The highest BCUT2D eigenvalue weighted by Gasteiger charge is 2.34. The standard InChI is InChI=1S/C20H19BrN4O2/c1-25(2)9-10-27-24-18-13-5-3-4-6-15(13)22-19(18)17-14-11-12(21)7-8-16(14)23-20(17)26/h3-8,11,22H,9-10H2,1-2H3,(H,23,26)/b19-17-,24-18+. The summed E-state index contributed by atoms with van der Waals surface area (Å²) in [5, 5.41) is 10.6. The summed E-state index contributed by atoms with van der Waals surface area (Å²) >= 11 is 3.49. The van der Waals surface area contributed by atoms with Crippen LogP contribution in [0.4, 0.5) is 11.4 Å². The smallest absolute Gasteiger partial charge is 0.258 e. The number of benzene rings is 2. The van der Waals surface area contributed by atoms with Crippen LogP contribution in [0.1, 0.15) is 11.1 Å². The number of fused-ring (bicyclic) bond motifs is 2. The predicted octanol–water partition coefficient (Wildman–Crippen LogP) is 3.52. The molecule has 7 heteroatoms. The molecular formula is C20H19BrN4O2.